The summed E-state index contributed by atoms with van der Waals surface area (Å²) in [5, 5.41) is 2.63. The second-order valence-corrected chi connectivity index (χ2v) is 5.55. The topological polar surface area (TPSA) is 82.5 Å². The van der Waals surface area contributed by atoms with E-state index >= 15 is 0 Å². The number of aromatic nitrogens is 1. The van der Waals surface area contributed by atoms with Crippen LogP contribution in [0.1, 0.15) is 6.92 Å². The molecular formula is C7H10BrN2O3P. The summed E-state index contributed by atoms with van der Waals surface area (Å²) in [5.41, 5.74) is 0. The van der Waals surface area contributed by atoms with E-state index in [0.29, 0.717) is 10.3 Å². The third-order valence-corrected chi connectivity index (χ3v) is 3.39. The van der Waals surface area contributed by atoms with Gasteiger partial charge in [-0.25, -0.2) is 4.98 Å². The predicted octanol–water partition coefficient (Wildman–Crippen LogP) is 1.78. The van der Waals surface area contributed by atoms with E-state index < -0.39 is 13.4 Å². The zero-order chi connectivity index (χ0) is 10.8. The van der Waals surface area contributed by atoms with Crippen LogP contribution in [0.4, 0.5) is 5.82 Å². The van der Waals surface area contributed by atoms with Gasteiger partial charge in [0, 0.05) is 6.20 Å². The first kappa shape index (κ1) is 11.7. The van der Waals surface area contributed by atoms with Gasteiger partial charge in [0.25, 0.3) is 0 Å². The summed E-state index contributed by atoms with van der Waals surface area (Å²) in [5.74, 6) is -0.531. The van der Waals surface area contributed by atoms with Crippen LogP contribution in [0.25, 0.3) is 0 Å². The Labute approximate surface area is 89.8 Å². The molecule has 0 fully saturated rings. The summed E-state index contributed by atoms with van der Waals surface area (Å²) in [6.07, 6.45) is 1.54. The summed E-state index contributed by atoms with van der Waals surface area (Å²) in [6.45, 7) is 1.40. The first-order valence-corrected chi connectivity index (χ1v) is 6.31. The van der Waals surface area contributed by atoms with Crippen LogP contribution < -0.4 is 5.32 Å². The number of hydrogen-bond donors (Lipinski definition) is 3. The molecule has 3 N–H and O–H groups in total. The molecule has 7 heteroatoms. The molecule has 1 heterocycles. The molecule has 1 rings (SSSR count). The average Bonchev–Trinajstić information content (AvgIpc) is 2.07. The lowest BCUT2D eigenvalue weighted by atomic mass is 10.4. The van der Waals surface area contributed by atoms with Crippen molar-refractivity contribution in [2.75, 3.05) is 5.32 Å². The zero-order valence-electron chi connectivity index (χ0n) is 7.38. The smallest absolute Gasteiger partial charge is 0.347 e. The number of nitrogens with zero attached hydrogens (tertiary/aromatic N) is 1. The van der Waals surface area contributed by atoms with Gasteiger partial charge in [-0.3, -0.25) is 4.57 Å². The number of nitrogens with one attached hydrogen (secondary N) is 1. The van der Waals surface area contributed by atoms with Crippen LogP contribution in [-0.4, -0.2) is 20.6 Å². The van der Waals surface area contributed by atoms with Gasteiger partial charge < -0.3 is 15.1 Å². The maximum atomic E-state index is 10.8. The third kappa shape index (κ3) is 3.06. The van der Waals surface area contributed by atoms with E-state index in [4.69, 9.17) is 9.79 Å². The normalized spacial score (nSPS) is 13.7. The molecule has 0 aliphatic heterocycles. The first-order chi connectivity index (χ1) is 6.41. The Morgan fingerprint density at radius 1 is 1.64 bits per heavy atom. The van der Waals surface area contributed by atoms with Gasteiger partial charge in [0.2, 0.25) is 0 Å². The van der Waals surface area contributed by atoms with Gasteiger partial charge in [0.15, 0.2) is 0 Å². The molecule has 0 spiro atoms. The summed E-state index contributed by atoms with van der Waals surface area (Å²) < 4.78 is 11.5. The number of pyridine rings is 1. The van der Waals surface area contributed by atoms with Crippen molar-refractivity contribution in [3.63, 3.8) is 0 Å². The third-order valence-electron chi connectivity index (χ3n) is 1.61. The second-order valence-electron chi connectivity index (χ2n) is 2.74. The Morgan fingerprint density at radius 2 is 2.29 bits per heavy atom. The second kappa shape index (κ2) is 4.40. The molecular weight excluding hydrogens is 271 g/mol. The van der Waals surface area contributed by atoms with E-state index in [2.05, 4.69) is 26.2 Å². The maximum absolute atomic E-state index is 10.8. The summed E-state index contributed by atoms with van der Waals surface area (Å²) in [6, 6.07) is 3.46. The fraction of sp³-hybridized carbons (Fsp3) is 0.286. The molecule has 0 radical (unpaired) electrons. The fourth-order valence-electron chi connectivity index (χ4n) is 0.774. The highest BCUT2D eigenvalue weighted by atomic mass is 79.9. The van der Waals surface area contributed by atoms with Crippen LogP contribution in [0.5, 0.6) is 0 Å². The molecule has 0 aliphatic carbocycles. The molecule has 1 unspecified atom stereocenters. The molecule has 78 valence electrons. The monoisotopic (exact) mass is 280 g/mol. The van der Waals surface area contributed by atoms with Crippen LogP contribution in [0.3, 0.4) is 0 Å². The Kier molecular flexibility index (Phi) is 3.66. The lowest BCUT2D eigenvalue weighted by Gasteiger charge is -2.16. The van der Waals surface area contributed by atoms with Crippen molar-refractivity contribution >= 4 is 29.3 Å². The van der Waals surface area contributed by atoms with Gasteiger partial charge in [0.05, 0.1) is 4.47 Å². The first-order valence-electron chi connectivity index (χ1n) is 3.83. The summed E-state index contributed by atoms with van der Waals surface area (Å²) >= 11 is 3.21. The van der Waals surface area contributed by atoms with E-state index in [1.54, 1.807) is 18.3 Å². The minimum atomic E-state index is -4.11. The number of anilines is 1. The van der Waals surface area contributed by atoms with E-state index in [-0.39, 0.29) is 0 Å². The molecule has 1 atom stereocenters. The highest BCUT2D eigenvalue weighted by molar-refractivity contribution is 9.10. The Hall–Kier alpha value is -0.420. The van der Waals surface area contributed by atoms with Gasteiger partial charge >= 0.3 is 7.60 Å². The molecule has 14 heavy (non-hydrogen) atoms. The molecule has 0 saturated carbocycles. The Balaban J connectivity index is 2.80. The fourth-order valence-corrected chi connectivity index (χ4v) is 1.43. The van der Waals surface area contributed by atoms with Gasteiger partial charge in [-0.2, -0.15) is 0 Å². The molecule has 0 bridgehead atoms. The van der Waals surface area contributed by atoms with Crippen molar-refractivity contribution in [2.45, 2.75) is 12.7 Å². The van der Waals surface area contributed by atoms with Crippen LogP contribution in [-0.2, 0) is 4.57 Å². The van der Waals surface area contributed by atoms with Gasteiger partial charge in [-0.1, -0.05) is 0 Å². The lowest BCUT2D eigenvalue weighted by Crippen LogP contribution is -2.16. The van der Waals surface area contributed by atoms with Crippen molar-refractivity contribution in [3.05, 3.63) is 22.8 Å². The largest absolute Gasteiger partial charge is 0.356 e. The van der Waals surface area contributed by atoms with Crippen molar-refractivity contribution < 1.29 is 14.4 Å². The van der Waals surface area contributed by atoms with Crippen molar-refractivity contribution in [1.29, 1.82) is 0 Å². The van der Waals surface area contributed by atoms with E-state index in [0.717, 1.165) is 0 Å². The molecule has 0 amide bonds. The molecule has 0 aromatic carbocycles. The predicted molar refractivity (Wildman–Crippen MR) is 57.1 cm³/mol. The highest BCUT2D eigenvalue weighted by Gasteiger charge is 2.24. The Bertz CT molecular complexity index is 368. The number of hydrogen-bond acceptors (Lipinski definition) is 3. The SMILES string of the molecule is CC(Nc1ncccc1Br)P(=O)(O)O. The minimum Gasteiger partial charge on any atom is -0.356 e. The van der Waals surface area contributed by atoms with E-state index in [1.165, 1.54) is 6.92 Å². The summed E-state index contributed by atoms with van der Waals surface area (Å²) in [7, 11) is -4.11. The zero-order valence-corrected chi connectivity index (χ0v) is 9.86. The van der Waals surface area contributed by atoms with Gasteiger partial charge in [-0.15, -0.1) is 0 Å². The van der Waals surface area contributed by atoms with Crippen LogP contribution in [0.2, 0.25) is 0 Å². The molecule has 0 saturated heterocycles. The van der Waals surface area contributed by atoms with Crippen LogP contribution in [0, 0.1) is 0 Å². The van der Waals surface area contributed by atoms with Crippen LogP contribution >= 0.6 is 23.5 Å². The van der Waals surface area contributed by atoms with Gasteiger partial charge in [-0.05, 0) is 35.0 Å². The van der Waals surface area contributed by atoms with E-state index in [9.17, 15) is 4.57 Å². The van der Waals surface area contributed by atoms with Crippen molar-refractivity contribution in [2.24, 2.45) is 0 Å². The minimum absolute atomic E-state index is 0.420. The van der Waals surface area contributed by atoms with Crippen LogP contribution in [0.15, 0.2) is 22.8 Å². The molecule has 5 nitrogen and oxygen atoms in total. The highest BCUT2D eigenvalue weighted by Crippen LogP contribution is 2.41. The van der Waals surface area contributed by atoms with Gasteiger partial charge in [0.1, 0.15) is 11.6 Å². The summed E-state index contributed by atoms with van der Waals surface area (Å²) in [4.78, 5) is 21.6. The van der Waals surface area contributed by atoms with Crippen molar-refractivity contribution in [3.8, 4) is 0 Å². The molecule has 1 aromatic rings. The number of rotatable bonds is 3. The molecule has 1 aromatic heterocycles. The lowest BCUT2D eigenvalue weighted by molar-refractivity contribution is 0.364. The Morgan fingerprint density at radius 3 is 2.79 bits per heavy atom. The molecule has 0 aliphatic rings. The van der Waals surface area contributed by atoms with E-state index in [1.807, 2.05) is 0 Å². The standard InChI is InChI=1S/C7H10BrN2O3P/c1-5(14(11,12)13)10-7-6(8)3-2-4-9-7/h2-5H,1H3,(H,9,10)(H2,11,12,13). The van der Waals surface area contributed by atoms with Crippen molar-refractivity contribution in [1.82, 2.24) is 4.98 Å². The average molecular weight is 281 g/mol. The number of halogens is 1. The quantitative estimate of drug-likeness (QED) is 0.736. The maximum Gasteiger partial charge on any atom is 0.347 e.